The zero-order chi connectivity index (χ0) is 27.7. The van der Waals surface area contributed by atoms with Crippen LogP contribution >= 0.6 is 0 Å². The van der Waals surface area contributed by atoms with Gasteiger partial charge in [-0.1, -0.05) is 43.0 Å². The maximum absolute atomic E-state index is 13.6. The van der Waals surface area contributed by atoms with Crippen LogP contribution in [0.2, 0.25) is 0 Å². The number of nitrogens with zero attached hydrogens (tertiary/aromatic N) is 2. The summed E-state index contributed by atoms with van der Waals surface area (Å²) in [7, 11) is -3.80. The smallest absolute Gasteiger partial charge is 0.264 e. The van der Waals surface area contributed by atoms with Crippen molar-refractivity contribution >= 4 is 27.5 Å². The second-order valence-electron chi connectivity index (χ2n) is 10.2. The SMILES string of the molecule is C=CC1C=CC1(NC(=O)C1CC(OC(=C)N=C2C=CC=CC2=C)CN1CC(C)N)C(=O)NS(=O)(=O)C1CC1. The van der Waals surface area contributed by atoms with Crippen LogP contribution in [0, 0.1) is 5.92 Å². The largest absolute Gasteiger partial charge is 0.473 e. The number of amides is 2. The van der Waals surface area contributed by atoms with E-state index in [0.717, 1.165) is 5.57 Å². The van der Waals surface area contributed by atoms with Crippen LogP contribution in [0.3, 0.4) is 0 Å². The summed E-state index contributed by atoms with van der Waals surface area (Å²) in [6.07, 6.45) is 13.0. The molecule has 4 rings (SSSR count). The first-order chi connectivity index (χ1) is 17.9. The molecule has 4 aliphatic rings. The Morgan fingerprint density at radius 1 is 1.34 bits per heavy atom. The highest BCUT2D eigenvalue weighted by atomic mass is 32.2. The van der Waals surface area contributed by atoms with Crippen LogP contribution < -0.4 is 15.8 Å². The second-order valence-corrected chi connectivity index (χ2v) is 12.2. The molecule has 1 aliphatic heterocycles. The molecule has 0 aromatic heterocycles. The van der Waals surface area contributed by atoms with Gasteiger partial charge in [0.2, 0.25) is 21.8 Å². The third kappa shape index (κ3) is 5.90. The molecule has 3 aliphatic carbocycles. The summed E-state index contributed by atoms with van der Waals surface area (Å²) in [4.78, 5) is 33.1. The summed E-state index contributed by atoms with van der Waals surface area (Å²) < 4.78 is 33.0. The van der Waals surface area contributed by atoms with Crippen molar-refractivity contribution in [3.05, 3.63) is 73.7 Å². The predicted octanol–water partition coefficient (Wildman–Crippen LogP) is 1.22. The molecule has 204 valence electrons. The van der Waals surface area contributed by atoms with Gasteiger partial charge in [0.25, 0.3) is 5.91 Å². The minimum absolute atomic E-state index is 0.197. The Morgan fingerprint density at radius 2 is 2.05 bits per heavy atom. The molecule has 0 aromatic rings. The van der Waals surface area contributed by atoms with E-state index in [1.54, 1.807) is 12.2 Å². The standard InChI is InChI=1S/C27H35N5O5S/c1-5-20-12-13-27(20,26(34)31-38(35,36)22-10-11-22)30-25(33)24-14-21(16-32(24)15-18(3)28)37-19(4)29-23-9-7-6-8-17(23)2/h5-9,12-13,18,20-22,24H,1-2,4,10-11,14-16,28H2,3H3,(H,30,33)(H,31,34). The lowest BCUT2D eigenvalue weighted by molar-refractivity contribution is -0.134. The van der Waals surface area contributed by atoms with Crippen molar-refractivity contribution in [2.24, 2.45) is 16.6 Å². The van der Waals surface area contributed by atoms with E-state index in [4.69, 9.17) is 10.5 Å². The van der Waals surface area contributed by atoms with Crippen LogP contribution in [-0.4, -0.2) is 72.9 Å². The molecule has 0 bridgehead atoms. The molecule has 1 heterocycles. The first kappa shape index (κ1) is 27.7. The van der Waals surface area contributed by atoms with Crippen molar-refractivity contribution in [3.63, 3.8) is 0 Å². The van der Waals surface area contributed by atoms with Crippen molar-refractivity contribution in [3.8, 4) is 0 Å². The van der Waals surface area contributed by atoms with Gasteiger partial charge in [0.05, 0.1) is 17.0 Å². The van der Waals surface area contributed by atoms with E-state index in [9.17, 15) is 18.0 Å². The lowest BCUT2D eigenvalue weighted by Gasteiger charge is -2.42. The lowest BCUT2D eigenvalue weighted by atomic mass is 9.73. The van der Waals surface area contributed by atoms with Crippen LogP contribution in [0.15, 0.2) is 78.7 Å². The Balaban J connectivity index is 1.47. The number of carbonyl (C=O) groups excluding carboxylic acids is 2. The van der Waals surface area contributed by atoms with Crippen LogP contribution in [0.1, 0.15) is 26.2 Å². The Labute approximate surface area is 223 Å². The molecule has 10 nitrogen and oxygen atoms in total. The van der Waals surface area contributed by atoms with Crippen LogP contribution in [0.5, 0.6) is 0 Å². The first-order valence-electron chi connectivity index (χ1n) is 12.6. The molecule has 38 heavy (non-hydrogen) atoms. The summed E-state index contributed by atoms with van der Waals surface area (Å²) in [6.45, 7) is 14.2. The Morgan fingerprint density at radius 3 is 2.63 bits per heavy atom. The van der Waals surface area contributed by atoms with Gasteiger partial charge in [0.1, 0.15) is 11.6 Å². The first-order valence-corrected chi connectivity index (χ1v) is 14.2. The fourth-order valence-corrected chi connectivity index (χ4v) is 6.15. The zero-order valence-corrected chi connectivity index (χ0v) is 22.3. The molecule has 2 amide bonds. The average molecular weight is 542 g/mol. The summed E-state index contributed by atoms with van der Waals surface area (Å²) in [5, 5.41) is 2.24. The molecule has 0 spiro atoms. The van der Waals surface area contributed by atoms with E-state index in [1.165, 1.54) is 12.2 Å². The number of hydrogen-bond acceptors (Lipinski definition) is 8. The number of sulfonamides is 1. The number of hydrogen-bond donors (Lipinski definition) is 3. The molecule has 1 saturated carbocycles. The molecule has 11 heteroatoms. The maximum atomic E-state index is 13.6. The molecule has 2 fully saturated rings. The minimum Gasteiger partial charge on any atom is -0.473 e. The van der Waals surface area contributed by atoms with Crippen molar-refractivity contribution in [1.29, 1.82) is 0 Å². The summed E-state index contributed by atoms with van der Waals surface area (Å²) in [5.41, 5.74) is 5.87. The number of nitrogens with two attached hydrogens (primary N) is 1. The van der Waals surface area contributed by atoms with Crippen LogP contribution in [0.4, 0.5) is 0 Å². The molecule has 5 atom stereocenters. The number of likely N-dealkylation sites (tertiary alicyclic amines) is 1. The molecule has 0 radical (unpaired) electrons. The van der Waals surface area contributed by atoms with Crippen molar-refractivity contribution < 1.29 is 22.7 Å². The van der Waals surface area contributed by atoms with E-state index in [1.807, 2.05) is 30.1 Å². The summed E-state index contributed by atoms with van der Waals surface area (Å²) >= 11 is 0. The van der Waals surface area contributed by atoms with E-state index in [-0.39, 0.29) is 11.9 Å². The van der Waals surface area contributed by atoms with Crippen LogP contribution in [0.25, 0.3) is 0 Å². The van der Waals surface area contributed by atoms with E-state index in [2.05, 4.69) is 34.8 Å². The van der Waals surface area contributed by atoms with Gasteiger partial charge >= 0.3 is 0 Å². The van der Waals surface area contributed by atoms with Gasteiger partial charge in [-0.2, -0.15) is 0 Å². The quantitative estimate of drug-likeness (QED) is 0.264. The van der Waals surface area contributed by atoms with Crippen molar-refractivity contribution in [2.75, 3.05) is 13.1 Å². The highest BCUT2D eigenvalue weighted by Crippen LogP contribution is 2.35. The van der Waals surface area contributed by atoms with E-state index in [0.29, 0.717) is 38.1 Å². The Hall–Kier alpha value is -3.28. The molecular weight excluding hydrogens is 506 g/mol. The van der Waals surface area contributed by atoms with Gasteiger partial charge in [-0.3, -0.25) is 19.2 Å². The Bertz CT molecular complexity index is 1260. The van der Waals surface area contributed by atoms with E-state index < -0.39 is 50.7 Å². The normalized spacial score (nSPS) is 30.5. The maximum Gasteiger partial charge on any atom is 0.264 e. The number of carbonyl (C=O) groups is 2. The van der Waals surface area contributed by atoms with Gasteiger partial charge in [0.15, 0.2) is 0 Å². The summed E-state index contributed by atoms with van der Waals surface area (Å²) in [6, 6.07) is -0.886. The molecule has 5 unspecified atom stereocenters. The zero-order valence-electron chi connectivity index (χ0n) is 21.5. The van der Waals surface area contributed by atoms with Gasteiger partial charge < -0.3 is 15.8 Å². The van der Waals surface area contributed by atoms with Gasteiger partial charge in [-0.05, 0) is 38.0 Å². The third-order valence-electron chi connectivity index (χ3n) is 6.98. The minimum atomic E-state index is -3.80. The topological polar surface area (TPSA) is 143 Å². The Kier molecular flexibility index (Phi) is 7.91. The second kappa shape index (κ2) is 10.8. The number of ether oxygens (including phenoxy) is 1. The van der Waals surface area contributed by atoms with Crippen molar-refractivity contribution in [1.82, 2.24) is 14.9 Å². The predicted molar refractivity (Wildman–Crippen MR) is 146 cm³/mol. The fraction of sp³-hybridized carbons (Fsp3) is 0.444. The monoisotopic (exact) mass is 541 g/mol. The fourth-order valence-electron chi connectivity index (χ4n) is 4.80. The molecular formula is C27H35N5O5S. The van der Waals surface area contributed by atoms with Crippen molar-refractivity contribution in [2.45, 2.75) is 55.2 Å². The number of rotatable bonds is 11. The van der Waals surface area contributed by atoms with E-state index >= 15 is 0 Å². The summed E-state index contributed by atoms with van der Waals surface area (Å²) in [5.74, 6) is -1.59. The molecule has 4 N–H and O–H groups in total. The third-order valence-corrected chi connectivity index (χ3v) is 8.80. The highest BCUT2D eigenvalue weighted by Gasteiger charge is 2.52. The van der Waals surface area contributed by atoms with Gasteiger partial charge in [0, 0.05) is 31.5 Å². The highest BCUT2D eigenvalue weighted by molar-refractivity contribution is 7.91. The van der Waals surface area contributed by atoms with Gasteiger partial charge in [-0.15, -0.1) is 6.58 Å². The number of aliphatic imine (C=N–C) groups is 1. The lowest BCUT2D eigenvalue weighted by Crippen LogP contribution is -2.67. The number of allylic oxidation sites excluding steroid dienone is 5. The average Bonchev–Trinajstić information content (AvgIpc) is 3.61. The van der Waals surface area contributed by atoms with Gasteiger partial charge in [-0.25, -0.2) is 13.4 Å². The van der Waals surface area contributed by atoms with Crippen LogP contribution in [-0.2, 0) is 24.3 Å². The molecule has 0 aromatic carbocycles. The number of nitrogens with one attached hydrogen (secondary N) is 2. The molecule has 1 saturated heterocycles.